The van der Waals surface area contributed by atoms with Crippen molar-refractivity contribution >= 4 is 11.9 Å². The van der Waals surface area contributed by atoms with Crippen molar-refractivity contribution in [1.82, 2.24) is 0 Å². The molecule has 0 fully saturated rings. The molecule has 0 spiro atoms. The van der Waals surface area contributed by atoms with E-state index in [0.717, 1.165) is 18.2 Å². The van der Waals surface area contributed by atoms with Gasteiger partial charge in [-0.15, -0.1) is 0 Å². The van der Waals surface area contributed by atoms with Crippen molar-refractivity contribution in [2.75, 3.05) is 20.3 Å². The Kier molecular flexibility index (Phi) is 4.88. The SMILES string of the molecule is COc1cc(/C=C/C(=O)c2ccccc2C(F)(F)F)cc2c1OCCO2. The first-order valence-corrected chi connectivity index (χ1v) is 7.76. The van der Waals surface area contributed by atoms with Crippen LogP contribution < -0.4 is 14.2 Å². The van der Waals surface area contributed by atoms with Gasteiger partial charge in [-0.05, 0) is 29.8 Å². The third-order valence-corrected chi connectivity index (χ3v) is 3.78. The van der Waals surface area contributed by atoms with Crippen molar-refractivity contribution in [2.24, 2.45) is 0 Å². The summed E-state index contributed by atoms with van der Waals surface area (Å²) in [6.07, 6.45) is -2.09. The second-order valence-corrected chi connectivity index (χ2v) is 5.49. The van der Waals surface area contributed by atoms with Gasteiger partial charge >= 0.3 is 6.18 Å². The number of allylic oxidation sites excluding steroid dienone is 1. The molecule has 0 radical (unpaired) electrons. The molecule has 7 heteroatoms. The average molecular weight is 364 g/mol. The predicted molar refractivity (Wildman–Crippen MR) is 88.8 cm³/mol. The number of hydrogen-bond donors (Lipinski definition) is 0. The van der Waals surface area contributed by atoms with Crippen molar-refractivity contribution in [3.05, 3.63) is 59.2 Å². The Labute approximate surface area is 147 Å². The fourth-order valence-corrected chi connectivity index (χ4v) is 2.60. The van der Waals surface area contributed by atoms with E-state index in [1.54, 1.807) is 12.1 Å². The number of halogens is 3. The number of rotatable bonds is 4. The average Bonchev–Trinajstić information content (AvgIpc) is 2.64. The lowest BCUT2D eigenvalue weighted by Gasteiger charge is -2.20. The van der Waals surface area contributed by atoms with Gasteiger partial charge in [0.15, 0.2) is 17.3 Å². The molecule has 26 heavy (non-hydrogen) atoms. The number of fused-ring (bicyclic) bond motifs is 1. The van der Waals surface area contributed by atoms with E-state index >= 15 is 0 Å². The lowest BCUT2D eigenvalue weighted by molar-refractivity contribution is -0.137. The summed E-state index contributed by atoms with van der Waals surface area (Å²) in [5.74, 6) is 0.597. The Morgan fingerprint density at radius 1 is 1.15 bits per heavy atom. The number of alkyl halides is 3. The molecule has 0 aromatic heterocycles. The lowest BCUT2D eigenvalue weighted by Crippen LogP contribution is -2.16. The maximum Gasteiger partial charge on any atom is 0.417 e. The van der Waals surface area contributed by atoms with Crippen LogP contribution in [0.1, 0.15) is 21.5 Å². The molecule has 136 valence electrons. The van der Waals surface area contributed by atoms with E-state index in [-0.39, 0.29) is 0 Å². The van der Waals surface area contributed by atoms with Crippen LogP contribution in [0.5, 0.6) is 17.2 Å². The van der Waals surface area contributed by atoms with Crippen LogP contribution in [0.3, 0.4) is 0 Å². The highest BCUT2D eigenvalue weighted by molar-refractivity contribution is 6.08. The minimum atomic E-state index is -4.60. The van der Waals surface area contributed by atoms with Crippen molar-refractivity contribution < 1.29 is 32.2 Å². The zero-order valence-corrected chi connectivity index (χ0v) is 13.8. The van der Waals surface area contributed by atoms with Crippen LogP contribution in [0.2, 0.25) is 0 Å². The van der Waals surface area contributed by atoms with E-state index in [4.69, 9.17) is 14.2 Å². The smallest absolute Gasteiger partial charge is 0.417 e. The molecule has 4 nitrogen and oxygen atoms in total. The minimum absolute atomic E-state index is 0.376. The number of carbonyl (C=O) groups is 1. The highest BCUT2D eigenvalue weighted by Crippen LogP contribution is 2.40. The Morgan fingerprint density at radius 2 is 1.88 bits per heavy atom. The second-order valence-electron chi connectivity index (χ2n) is 5.49. The van der Waals surface area contributed by atoms with Gasteiger partial charge in [-0.1, -0.05) is 24.3 Å². The molecule has 2 aromatic carbocycles. The summed E-state index contributed by atoms with van der Waals surface area (Å²) >= 11 is 0. The summed E-state index contributed by atoms with van der Waals surface area (Å²) in [4.78, 5) is 12.3. The quantitative estimate of drug-likeness (QED) is 0.597. The van der Waals surface area contributed by atoms with E-state index < -0.39 is 23.1 Å². The predicted octanol–water partition coefficient (Wildman–Crippen LogP) is 4.38. The van der Waals surface area contributed by atoms with Gasteiger partial charge in [0, 0.05) is 5.56 Å². The van der Waals surface area contributed by atoms with Crippen molar-refractivity contribution in [3.63, 3.8) is 0 Å². The summed E-state index contributed by atoms with van der Waals surface area (Å²) in [5, 5.41) is 0. The minimum Gasteiger partial charge on any atom is -0.493 e. The Morgan fingerprint density at radius 3 is 2.62 bits per heavy atom. The maximum atomic E-state index is 13.0. The highest BCUT2D eigenvalue weighted by Gasteiger charge is 2.34. The van der Waals surface area contributed by atoms with Crippen molar-refractivity contribution in [1.29, 1.82) is 0 Å². The topological polar surface area (TPSA) is 44.8 Å². The van der Waals surface area contributed by atoms with Crippen LogP contribution in [-0.4, -0.2) is 26.1 Å². The van der Waals surface area contributed by atoms with E-state index in [1.807, 2.05) is 0 Å². The summed E-state index contributed by atoms with van der Waals surface area (Å²) in [6.45, 7) is 0.770. The van der Waals surface area contributed by atoms with Gasteiger partial charge in [-0.3, -0.25) is 4.79 Å². The standard InChI is InChI=1S/C19H15F3O4/c1-24-16-10-12(11-17-18(16)26-9-8-25-17)6-7-15(23)13-4-2-3-5-14(13)19(20,21)22/h2-7,10-11H,8-9H2,1H3/b7-6+. The number of benzene rings is 2. The number of methoxy groups -OCH3 is 1. The molecule has 0 unspecified atom stereocenters. The molecule has 0 saturated carbocycles. The molecule has 0 aliphatic carbocycles. The lowest BCUT2D eigenvalue weighted by atomic mass is 10.0. The van der Waals surface area contributed by atoms with Gasteiger partial charge in [0.05, 0.1) is 12.7 Å². The number of carbonyl (C=O) groups excluding carboxylic acids is 1. The second kappa shape index (κ2) is 7.11. The molecule has 3 rings (SSSR count). The normalized spacial score (nSPS) is 13.7. The monoisotopic (exact) mass is 364 g/mol. The molecule has 0 N–H and O–H groups in total. The summed E-state index contributed by atoms with van der Waals surface area (Å²) in [6, 6.07) is 7.93. The Balaban J connectivity index is 1.90. The molecule has 0 atom stereocenters. The molecule has 1 aliphatic heterocycles. The van der Waals surface area contributed by atoms with Crippen molar-refractivity contribution in [3.8, 4) is 17.2 Å². The van der Waals surface area contributed by atoms with Crippen LogP contribution in [-0.2, 0) is 6.18 Å². The van der Waals surface area contributed by atoms with Gasteiger partial charge < -0.3 is 14.2 Å². The molecule has 0 bridgehead atoms. The Bertz CT molecular complexity index is 839. The zero-order valence-electron chi connectivity index (χ0n) is 13.8. The van der Waals surface area contributed by atoms with Gasteiger partial charge in [-0.25, -0.2) is 0 Å². The van der Waals surface area contributed by atoms with Crippen LogP contribution in [0, 0.1) is 0 Å². The third kappa shape index (κ3) is 3.66. The van der Waals surface area contributed by atoms with E-state index in [2.05, 4.69) is 0 Å². The summed E-state index contributed by atoms with van der Waals surface area (Å²) in [5.41, 5.74) is -0.820. The number of ether oxygens (including phenoxy) is 3. The maximum absolute atomic E-state index is 13.0. The van der Waals surface area contributed by atoms with Gasteiger partial charge in [-0.2, -0.15) is 13.2 Å². The third-order valence-electron chi connectivity index (χ3n) is 3.78. The van der Waals surface area contributed by atoms with Crippen LogP contribution in [0.25, 0.3) is 6.08 Å². The molecular formula is C19H15F3O4. The molecular weight excluding hydrogens is 349 g/mol. The summed E-state index contributed by atoms with van der Waals surface area (Å²) in [7, 11) is 1.46. The van der Waals surface area contributed by atoms with E-state index in [9.17, 15) is 18.0 Å². The fraction of sp³-hybridized carbons (Fsp3) is 0.211. The zero-order chi connectivity index (χ0) is 18.7. The van der Waals surface area contributed by atoms with Crippen LogP contribution >= 0.6 is 0 Å². The molecule has 1 heterocycles. The first kappa shape index (κ1) is 17.8. The van der Waals surface area contributed by atoms with Gasteiger partial charge in [0.1, 0.15) is 13.2 Å². The molecule has 0 amide bonds. The molecule has 1 aliphatic rings. The molecule has 0 saturated heterocycles. The molecule has 2 aromatic rings. The van der Waals surface area contributed by atoms with Crippen LogP contribution in [0.4, 0.5) is 13.2 Å². The number of ketones is 1. The number of hydrogen-bond acceptors (Lipinski definition) is 4. The summed E-state index contributed by atoms with van der Waals surface area (Å²) < 4.78 is 55.3. The highest BCUT2D eigenvalue weighted by atomic mass is 19.4. The van der Waals surface area contributed by atoms with Gasteiger partial charge in [0.2, 0.25) is 5.75 Å². The van der Waals surface area contributed by atoms with E-state index in [0.29, 0.717) is 36.0 Å². The van der Waals surface area contributed by atoms with Crippen LogP contribution in [0.15, 0.2) is 42.5 Å². The van der Waals surface area contributed by atoms with E-state index in [1.165, 1.54) is 25.3 Å². The Hall–Kier alpha value is -2.96. The first-order valence-electron chi connectivity index (χ1n) is 7.76. The van der Waals surface area contributed by atoms with Gasteiger partial charge in [0.25, 0.3) is 0 Å². The fourth-order valence-electron chi connectivity index (χ4n) is 2.60. The first-order chi connectivity index (χ1) is 12.4. The van der Waals surface area contributed by atoms with Crippen molar-refractivity contribution in [2.45, 2.75) is 6.18 Å². The largest absolute Gasteiger partial charge is 0.493 e.